The molecule has 3 N–H and O–H groups in total. The van der Waals surface area contributed by atoms with Crippen molar-refractivity contribution in [1.29, 1.82) is 0 Å². The molecule has 1 unspecified atom stereocenters. The van der Waals surface area contributed by atoms with Crippen LogP contribution in [0.5, 0.6) is 0 Å². The minimum absolute atomic E-state index is 0.121. The van der Waals surface area contributed by atoms with E-state index in [1.54, 1.807) is 0 Å². The van der Waals surface area contributed by atoms with E-state index in [1.807, 2.05) is 0 Å². The number of amides is 1. The molecule has 3 heteroatoms. The third-order valence-electron chi connectivity index (χ3n) is 2.34. The van der Waals surface area contributed by atoms with Crippen LogP contribution >= 0.6 is 0 Å². The average molecular weight is 210 g/mol. The summed E-state index contributed by atoms with van der Waals surface area (Å²) in [5.41, 5.74) is 5.43. The van der Waals surface area contributed by atoms with Crippen molar-refractivity contribution in [2.24, 2.45) is 11.7 Å². The quantitative estimate of drug-likeness (QED) is 0.468. The zero-order chi connectivity index (χ0) is 11.5. The van der Waals surface area contributed by atoms with E-state index in [2.05, 4.69) is 18.2 Å². The predicted molar refractivity (Wildman–Crippen MR) is 63.1 cm³/mol. The second kappa shape index (κ2) is 9.54. The van der Waals surface area contributed by atoms with Crippen LogP contribution in [0, 0.1) is 18.3 Å². The van der Waals surface area contributed by atoms with Crippen LogP contribution in [0.15, 0.2) is 0 Å². The van der Waals surface area contributed by atoms with E-state index in [-0.39, 0.29) is 5.91 Å². The predicted octanol–water partition coefficient (Wildman–Crippen LogP) is 1.28. The second-order valence-corrected chi connectivity index (χ2v) is 3.88. The number of carbonyl (C=O) groups excluding carboxylic acids is 1. The van der Waals surface area contributed by atoms with Gasteiger partial charge in [-0.15, -0.1) is 12.3 Å². The van der Waals surface area contributed by atoms with Crippen LogP contribution in [-0.4, -0.2) is 19.0 Å². The molecule has 0 aliphatic rings. The minimum Gasteiger partial charge on any atom is -0.356 e. The topological polar surface area (TPSA) is 55.1 Å². The number of nitrogens with two attached hydrogens (primary N) is 1. The Kier molecular flexibility index (Phi) is 8.90. The van der Waals surface area contributed by atoms with Gasteiger partial charge in [-0.3, -0.25) is 4.79 Å². The Bertz CT molecular complexity index is 208. The summed E-state index contributed by atoms with van der Waals surface area (Å²) in [6.07, 6.45) is 9.19. The first kappa shape index (κ1) is 14.0. The lowest BCUT2D eigenvalue weighted by Crippen LogP contribution is -2.24. The molecule has 86 valence electrons. The van der Waals surface area contributed by atoms with Gasteiger partial charge in [-0.05, 0) is 31.7 Å². The molecule has 0 rings (SSSR count). The molecule has 0 aliphatic carbocycles. The van der Waals surface area contributed by atoms with Crippen LogP contribution in [-0.2, 0) is 4.79 Å². The highest BCUT2D eigenvalue weighted by Crippen LogP contribution is 2.08. The summed E-state index contributed by atoms with van der Waals surface area (Å²) in [5, 5.41) is 2.85. The molecular weight excluding hydrogens is 188 g/mol. The molecule has 0 fully saturated rings. The molecule has 1 atom stereocenters. The van der Waals surface area contributed by atoms with Crippen LogP contribution in [0.1, 0.15) is 39.0 Å². The summed E-state index contributed by atoms with van der Waals surface area (Å²) in [4.78, 5) is 11.3. The molecule has 3 nitrogen and oxygen atoms in total. The van der Waals surface area contributed by atoms with E-state index < -0.39 is 0 Å². The van der Waals surface area contributed by atoms with Crippen molar-refractivity contribution in [2.45, 2.75) is 39.0 Å². The lowest BCUT2D eigenvalue weighted by Gasteiger charge is -2.09. The molecular formula is C12H22N2O. The Morgan fingerprint density at radius 1 is 1.53 bits per heavy atom. The van der Waals surface area contributed by atoms with Crippen LogP contribution in [0.3, 0.4) is 0 Å². The van der Waals surface area contributed by atoms with Gasteiger partial charge in [0.15, 0.2) is 0 Å². The Hall–Kier alpha value is -1.01. The number of nitrogens with one attached hydrogen (secondary N) is 1. The minimum atomic E-state index is 0.121. The van der Waals surface area contributed by atoms with Gasteiger partial charge in [-0.2, -0.15) is 0 Å². The van der Waals surface area contributed by atoms with Crippen LogP contribution in [0.2, 0.25) is 0 Å². The molecule has 0 aromatic heterocycles. The molecule has 1 amide bonds. The lowest BCUT2D eigenvalue weighted by atomic mass is 10.0. The Morgan fingerprint density at radius 2 is 2.27 bits per heavy atom. The molecule has 0 aliphatic heterocycles. The van der Waals surface area contributed by atoms with Gasteiger partial charge in [-0.1, -0.05) is 6.92 Å². The SMILES string of the molecule is C#CCCCNC(=O)CCC(C)CCN. The smallest absolute Gasteiger partial charge is 0.220 e. The van der Waals surface area contributed by atoms with Crippen molar-refractivity contribution in [3.63, 3.8) is 0 Å². The average Bonchev–Trinajstić information content (AvgIpc) is 2.22. The number of unbranched alkanes of at least 4 members (excludes halogenated alkanes) is 1. The normalized spacial score (nSPS) is 11.8. The van der Waals surface area contributed by atoms with Gasteiger partial charge in [0.25, 0.3) is 0 Å². The largest absolute Gasteiger partial charge is 0.356 e. The van der Waals surface area contributed by atoms with Crippen molar-refractivity contribution in [1.82, 2.24) is 5.32 Å². The first-order valence-corrected chi connectivity index (χ1v) is 5.61. The molecule has 0 saturated carbocycles. The van der Waals surface area contributed by atoms with Gasteiger partial charge in [0.1, 0.15) is 0 Å². The molecule has 0 aromatic rings. The maximum absolute atomic E-state index is 11.3. The van der Waals surface area contributed by atoms with Gasteiger partial charge in [-0.25, -0.2) is 0 Å². The van der Waals surface area contributed by atoms with Crippen molar-refractivity contribution in [3.8, 4) is 12.3 Å². The van der Waals surface area contributed by atoms with E-state index in [4.69, 9.17) is 12.2 Å². The lowest BCUT2D eigenvalue weighted by molar-refractivity contribution is -0.121. The maximum Gasteiger partial charge on any atom is 0.220 e. The van der Waals surface area contributed by atoms with E-state index in [0.29, 0.717) is 25.4 Å². The highest BCUT2D eigenvalue weighted by atomic mass is 16.1. The summed E-state index contributed by atoms with van der Waals surface area (Å²) in [6.45, 7) is 3.51. The summed E-state index contributed by atoms with van der Waals surface area (Å²) in [6, 6.07) is 0. The molecule has 0 bridgehead atoms. The number of carbonyl (C=O) groups is 1. The second-order valence-electron chi connectivity index (χ2n) is 3.88. The Balaban J connectivity index is 3.37. The maximum atomic E-state index is 11.3. The summed E-state index contributed by atoms with van der Waals surface area (Å²) >= 11 is 0. The van der Waals surface area contributed by atoms with Gasteiger partial charge >= 0.3 is 0 Å². The third kappa shape index (κ3) is 9.30. The Morgan fingerprint density at radius 3 is 2.87 bits per heavy atom. The van der Waals surface area contributed by atoms with E-state index >= 15 is 0 Å². The van der Waals surface area contributed by atoms with E-state index in [0.717, 1.165) is 25.7 Å². The highest BCUT2D eigenvalue weighted by Gasteiger charge is 2.05. The highest BCUT2D eigenvalue weighted by molar-refractivity contribution is 5.75. The zero-order valence-electron chi connectivity index (χ0n) is 9.59. The number of terminal acetylenes is 1. The summed E-state index contributed by atoms with van der Waals surface area (Å²) in [5.74, 6) is 3.20. The molecule has 15 heavy (non-hydrogen) atoms. The monoisotopic (exact) mass is 210 g/mol. The number of hydrogen-bond acceptors (Lipinski definition) is 2. The van der Waals surface area contributed by atoms with Gasteiger partial charge < -0.3 is 11.1 Å². The molecule has 0 heterocycles. The molecule has 0 spiro atoms. The van der Waals surface area contributed by atoms with Crippen molar-refractivity contribution in [3.05, 3.63) is 0 Å². The van der Waals surface area contributed by atoms with Crippen molar-refractivity contribution in [2.75, 3.05) is 13.1 Å². The van der Waals surface area contributed by atoms with Crippen molar-refractivity contribution < 1.29 is 4.79 Å². The van der Waals surface area contributed by atoms with Crippen LogP contribution in [0.25, 0.3) is 0 Å². The molecule has 0 radical (unpaired) electrons. The standard InChI is InChI=1S/C12H22N2O/c1-3-4-5-10-14-12(15)7-6-11(2)8-9-13/h1,11H,4-10,13H2,2H3,(H,14,15). The van der Waals surface area contributed by atoms with Gasteiger partial charge in [0, 0.05) is 19.4 Å². The van der Waals surface area contributed by atoms with Crippen LogP contribution in [0.4, 0.5) is 0 Å². The first-order chi connectivity index (χ1) is 7.20. The molecule has 0 aromatic carbocycles. The summed E-state index contributed by atoms with van der Waals surface area (Å²) in [7, 11) is 0. The fourth-order valence-electron chi connectivity index (χ4n) is 1.31. The molecule has 0 saturated heterocycles. The van der Waals surface area contributed by atoms with Gasteiger partial charge in [0.05, 0.1) is 0 Å². The zero-order valence-corrected chi connectivity index (χ0v) is 9.59. The van der Waals surface area contributed by atoms with E-state index in [9.17, 15) is 4.79 Å². The number of rotatable bonds is 8. The fraction of sp³-hybridized carbons (Fsp3) is 0.750. The van der Waals surface area contributed by atoms with E-state index in [1.165, 1.54) is 0 Å². The third-order valence-corrected chi connectivity index (χ3v) is 2.34. The Labute approximate surface area is 92.8 Å². The van der Waals surface area contributed by atoms with Crippen molar-refractivity contribution >= 4 is 5.91 Å². The number of hydrogen-bond donors (Lipinski definition) is 2. The van der Waals surface area contributed by atoms with Crippen LogP contribution < -0.4 is 11.1 Å². The summed E-state index contributed by atoms with van der Waals surface area (Å²) < 4.78 is 0. The first-order valence-electron chi connectivity index (χ1n) is 5.61. The fourth-order valence-corrected chi connectivity index (χ4v) is 1.31. The van der Waals surface area contributed by atoms with Gasteiger partial charge in [0.2, 0.25) is 5.91 Å².